The van der Waals surface area contributed by atoms with Crippen molar-refractivity contribution in [2.75, 3.05) is 0 Å². The number of hydrogen-bond donors (Lipinski definition) is 0. The van der Waals surface area contributed by atoms with Crippen LogP contribution in [-0.2, 0) is 6.42 Å². The van der Waals surface area contributed by atoms with Gasteiger partial charge in [-0.15, -0.1) is 22.9 Å². The van der Waals surface area contributed by atoms with Crippen LogP contribution in [0, 0.1) is 0 Å². The molecule has 2 heteroatoms. The van der Waals surface area contributed by atoms with Crippen molar-refractivity contribution in [3.63, 3.8) is 0 Å². The number of hydrogen-bond acceptors (Lipinski definition) is 1. The van der Waals surface area contributed by atoms with Crippen LogP contribution >= 0.6 is 22.9 Å². The van der Waals surface area contributed by atoms with Crippen molar-refractivity contribution in [1.29, 1.82) is 0 Å². The van der Waals surface area contributed by atoms with Gasteiger partial charge in [-0.25, -0.2) is 0 Å². The van der Waals surface area contributed by atoms with Gasteiger partial charge in [-0.1, -0.05) is 29.8 Å². The van der Waals surface area contributed by atoms with E-state index >= 15 is 0 Å². The Morgan fingerprint density at radius 2 is 2.19 bits per heavy atom. The summed E-state index contributed by atoms with van der Waals surface area (Å²) in [4.78, 5) is 0. The van der Waals surface area contributed by atoms with E-state index in [2.05, 4.69) is 35.7 Å². The minimum absolute atomic E-state index is 0.264. The molecular weight excluding hydrogens is 236 g/mol. The molecule has 1 heterocycles. The van der Waals surface area contributed by atoms with E-state index in [1.165, 1.54) is 27.6 Å². The lowest BCUT2D eigenvalue weighted by Gasteiger charge is -2.00. The molecule has 0 saturated heterocycles. The second kappa shape index (κ2) is 4.23. The predicted octanol–water partition coefficient (Wildman–Crippen LogP) is 4.77. The van der Waals surface area contributed by atoms with E-state index in [1.54, 1.807) is 0 Å². The molecule has 0 saturated carbocycles. The van der Waals surface area contributed by atoms with Crippen molar-refractivity contribution in [3.8, 4) is 0 Å². The SMILES string of the molecule is ClC1C=C(Cc2csc3ccccc23)CC1. The summed E-state index contributed by atoms with van der Waals surface area (Å²) in [6, 6.07) is 8.63. The molecule has 0 bridgehead atoms. The fourth-order valence-corrected chi connectivity index (χ4v) is 3.56. The van der Waals surface area contributed by atoms with E-state index in [0.717, 1.165) is 12.8 Å². The van der Waals surface area contributed by atoms with Crippen LogP contribution in [0.4, 0.5) is 0 Å². The van der Waals surface area contributed by atoms with E-state index in [1.807, 2.05) is 11.3 Å². The monoisotopic (exact) mass is 248 g/mol. The third kappa shape index (κ3) is 1.90. The van der Waals surface area contributed by atoms with Gasteiger partial charge in [0.05, 0.1) is 5.38 Å². The van der Waals surface area contributed by atoms with Gasteiger partial charge in [-0.2, -0.15) is 0 Å². The van der Waals surface area contributed by atoms with Crippen LogP contribution in [0.3, 0.4) is 0 Å². The maximum absolute atomic E-state index is 6.09. The highest BCUT2D eigenvalue weighted by molar-refractivity contribution is 7.17. The molecule has 3 rings (SSSR count). The highest BCUT2D eigenvalue weighted by atomic mass is 35.5. The van der Waals surface area contributed by atoms with Crippen molar-refractivity contribution in [1.82, 2.24) is 0 Å². The topological polar surface area (TPSA) is 0 Å². The summed E-state index contributed by atoms with van der Waals surface area (Å²) in [5.41, 5.74) is 2.96. The molecule has 0 nitrogen and oxygen atoms in total. The van der Waals surface area contributed by atoms with Crippen LogP contribution in [0.1, 0.15) is 18.4 Å². The second-order valence-corrected chi connectivity index (χ2v) is 5.79. The first-order valence-electron chi connectivity index (χ1n) is 5.61. The zero-order chi connectivity index (χ0) is 11.0. The van der Waals surface area contributed by atoms with E-state index in [9.17, 15) is 0 Å². The highest BCUT2D eigenvalue weighted by Gasteiger charge is 2.14. The van der Waals surface area contributed by atoms with E-state index in [-0.39, 0.29) is 5.38 Å². The Morgan fingerprint density at radius 3 is 3.00 bits per heavy atom. The van der Waals surface area contributed by atoms with Crippen LogP contribution in [0.2, 0.25) is 0 Å². The summed E-state index contributed by atoms with van der Waals surface area (Å²) in [5.74, 6) is 0. The molecule has 2 aromatic rings. The fourth-order valence-electron chi connectivity index (χ4n) is 2.31. The lowest BCUT2D eigenvalue weighted by molar-refractivity contribution is 0.894. The normalized spacial score (nSPS) is 20.3. The number of alkyl halides is 1. The Hall–Kier alpha value is -0.790. The molecule has 1 aromatic heterocycles. The van der Waals surface area contributed by atoms with Gasteiger partial charge >= 0.3 is 0 Å². The van der Waals surface area contributed by atoms with E-state index in [0.29, 0.717) is 0 Å². The van der Waals surface area contributed by atoms with Gasteiger partial charge in [-0.05, 0) is 41.7 Å². The van der Waals surface area contributed by atoms with Gasteiger partial charge in [0.25, 0.3) is 0 Å². The average molecular weight is 249 g/mol. The Bertz CT molecular complexity index is 538. The Balaban J connectivity index is 1.92. The van der Waals surface area contributed by atoms with Gasteiger partial charge in [-0.3, -0.25) is 0 Å². The first-order valence-corrected chi connectivity index (χ1v) is 6.93. The largest absolute Gasteiger partial charge is 0.144 e. The van der Waals surface area contributed by atoms with Crippen molar-refractivity contribution >= 4 is 33.0 Å². The molecule has 0 radical (unpaired) electrons. The number of halogens is 1. The molecule has 1 aliphatic rings. The minimum atomic E-state index is 0.264. The van der Waals surface area contributed by atoms with Crippen LogP contribution < -0.4 is 0 Å². The molecule has 1 aliphatic carbocycles. The molecule has 0 fully saturated rings. The van der Waals surface area contributed by atoms with Crippen LogP contribution in [0.15, 0.2) is 41.3 Å². The van der Waals surface area contributed by atoms with Gasteiger partial charge in [0.15, 0.2) is 0 Å². The van der Waals surface area contributed by atoms with Crippen LogP contribution in [0.25, 0.3) is 10.1 Å². The molecule has 0 aliphatic heterocycles. The van der Waals surface area contributed by atoms with Crippen molar-refractivity contribution in [2.45, 2.75) is 24.6 Å². The zero-order valence-electron chi connectivity index (χ0n) is 8.95. The number of allylic oxidation sites excluding steroid dienone is 2. The Labute approximate surface area is 105 Å². The summed E-state index contributed by atoms with van der Waals surface area (Å²) in [5, 5.41) is 3.96. The average Bonchev–Trinajstić information content (AvgIpc) is 2.87. The number of rotatable bonds is 2. The van der Waals surface area contributed by atoms with Crippen molar-refractivity contribution < 1.29 is 0 Å². The first kappa shape index (κ1) is 10.4. The van der Waals surface area contributed by atoms with Crippen LogP contribution in [-0.4, -0.2) is 5.38 Å². The molecule has 1 unspecified atom stereocenters. The lowest BCUT2D eigenvalue weighted by Crippen LogP contribution is -1.85. The molecule has 82 valence electrons. The molecule has 0 amide bonds. The minimum Gasteiger partial charge on any atom is -0.144 e. The Kier molecular flexibility index (Phi) is 2.74. The first-order chi connectivity index (χ1) is 7.83. The molecule has 1 atom stereocenters. The number of fused-ring (bicyclic) bond motifs is 1. The zero-order valence-corrected chi connectivity index (χ0v) is 10.5. The summed E-state index contributed by atoms with van der Waals surface area (Å²) in [7, 11) is 0. The van der Waals surface area contributed by atoms with E-state index in [4.69, 9.17) is 11.6 Å². The molecule has 0 spiro atoms. The van der Waals surface area contributed by atoms with Crippen molar-refractivity contribution in [3.05, 3.63) is 46.9 Å². The highest BCUT2D eigenvalue weighted by Crippen LogP contribution is 2.31. The summed E-state index contributed by atoms with van der Waals surface area (Å²) in [6.07, 6.45) is 5.58. The standard InChI is InChI=1S/C14H13ClS/c15-12-6-5-10(8-12)7-11-9-16-14-4-2-1-3-13(11)14/h1-4,8-9,12H,5-7H2. The number of benzene rings is 1. The van der Waals surface area contributed by atoms with E-state index < -0.39 is 0 Å². The summed E-state index contributed by atoms with van der Waals surface area (Å²) in [6.45, 7) is 0. The Morgan fingerprint density at radius 1 is 1.31 bits per heavy atom. The van der Waals surface area contributed by atoms with Crippen LogP contribution in [0.5, 0.6) is 0 Å². The predicted molar refractivity (Wildman–Crippen MR) is 72.5 cm³/mol. The third-order valence-electron chi connectivity index (χ3n) is 3.14. The fraction of sp³-hybridized carbons (Fsp3) is 0.286. The quantitative estimate of drug-likeness (QED) is 0.530. The number of thiophene rings is 1. The molecule has 16 heavy (non-hydrogen) atoms. The summed E-state index contributed by atoms with van der Waals surface area (Å²) >= 11 is 7.93. The third-order valence-corrected chi connectivity index (χ3v) is 4.49. The molecule has 0 N–H and O–H groups in total. The summed E-state index contributed by atoms with van der Waals surface area (Å²) < 4.78 is 1.39. The maximum atomic E-state index is 6.09. The van der Waals surface area contributed by atoms with Crippen molar-refractivity contribution in [2.24, 2.45) is 0 Å². The van der Waals surface area contributed by atoms with Gasteiger partial charge in [0.2, 0.25) is 0 Å². The smallest absolute Gasteiger partial charge is 0.0521 e. The van der Waals surface area contributed by atoms with Gasteiger partial charge < -0.3 is 0 Å². The van der Waals surface area contributed by atoms with Gasteiger partial charge in [0.1, 0.15) is 0 Å². The molecule has 1 aromatic carbocycles. The maximum Gasteiger partial charge on any atom is 0.0521 e. The molecular formula is C14H13ClS. The lowest BCUT2D eigenvalue weighted by atomic mass is 10.0. The van der Waals surface area contributed by atoms with Gasteiger partial charge in [0, 0.05) is 4.70 Å². The second-order valence-electron chi connectivity index (χ2n) is 4.31.